The Labute approximate surface area is 157 Å². The van der Waals surface area contributed by atoms with E-state index in [-0.39, 0.29) is 11.7 Å². The molecule has 2 aliphatic rings. The van der Waals surface area contributed by atoms with E-state index in [9.17, 15) is 4.79 Å². The van der Waals surface area contributed by atoms with Crippen molar-refractivity contribution in [1.82, 2.24) is 19.9 Å². The molecular weight excluding hydrogens is 348 g/mol. The van der Waals surface area contributed by atoms with Crippen LogP contribution in [0.1, 0.15) is 11.5 Å². The fraction of sp³-hybridized carbons (Fsp3) is 0.421. The number of amides is 1. The van der Waals surface area contributed by atoms with E-state index in [2.05, 4.69) is 15.0 Å². The van der Waals surface area contributed by atoms with Crippen LogP contribution in [0.3, 0.4) is 0 Å². The van der Waals surface area contributed by atoms with Crippen molar-refractivity contribution in [3.8, 4) is 11.4 Å². The molecule has 1 aromatic heterocycles. The molecule has 2 aliphatic heterocycles. The van der Waals surface area contributed by atoms with Gasteiger partial charge in [-0.15, -0.1) is 0 Å². The zero-order valence-electron chi connectivity index (χ0n) is 15.3. The van der Waals surface area contributed by atoms with Crippen LogP contribution in [0.2, 0.25) is 0 Å². The predicted octanol–water partition coefficient (Wildman–Crippen LogP) is 1.58. The van der Waals surface area contributed by atoms with Gasteiger partial charge in [0.05, 0.1) is 6.54 Å². The molecule has 0 radical (unpaired) electrons. The number of rotatable bonds is 4. The summed E-state index contributed by atoms with van der Waals surface area (Å²) in [6.07, 6.45) is 1.41. The number of piperazine rings is 1. The maximum absolute atomic E-state index is 12.4. The van der Waals surface area contributed by atoms with Gasteiger partial charge in [0, 0.05) is 31.7 Å². The van der Waals surface area contributed by atoms with Crippen LogP contribution in [0.15, 0.2) is 40.8 Å². The quantitative estimate of drug-likeness (QED) is 0.808. The lowest BCUT2D eigenvalue weighted by Crippen LogP contribution is -2.49. The van der Waals surface area contributed by atoms with Crippen LogP contribution in [0.4, 0.5) is 0 Å². The van der Waals surface area contributed by atoms with Crippen LogP contribution < -0.4 is 0 Å². The molecule has 0 unspecified atom stereocenters. The molecule has 0 bridgehead atoms. The van der Waals surface area contributed by atoms with E-state index in [0.29, 0.717) is 44.6 Å². The first-order chi connectivity index (χ1) is 13.2. The van der Waals surface area contributed by atoms with Gasteiger partial charge in [-0.1, -0.05) is 35.0 Å². The van der Waals surface area contributed by atoms with Crippen LogP contribution in [-0.2, 0) is 20.8 Å². The number of aromatic nitrogens is 2. The number of hydrogen-bond donors (Lipinski definition) is 0. The third-order valence-electron chi connectivity index (χ3n) is 4.66. The van der Waals surface area contributed by atoms with Crippen molar-refractivity contribution in [2.45, 2.75) is 13.5 Å². The first-order valence-corrected chi connectivity index (χ1v) is 9.05. The van der Waals surface area contributed by atoms with E-state index >= 15 is 0 Å². The highest BCUT2D eigenvalue weighted by atomic mass is 16.6. The summed E-state index contributed by atoms with van der Waals surface area (Å²) in [7, 11) is 0. The van der Waals surface area contributed by atoms with Gasteiger partial charge in [-0.2, -0.15) is 4.98 Å². The van der Waals surface area contributed by atoms with Crippen LogP contribution >= 0.6 is 0 Å². The van der Waals surface area contributed by atoms with E-state index < -0.39 is 0 Å². The summed E-state index contributed by atoms with van der Waals surface area (Å²) < 4.78 is 15.9. The molecule has 1 amide bonds. The van der Waals surface area contributed by atoms with Gasteiger partial charge in [-0.25, -0.2) is 0 Å². The summed E-state index contributed by atoms with van der Waals surface area (Å²) in [6, 6.07) is 8.02. The molecule has 142 valence electrons. The molecule has 8 heteroatoms. The molecule has 0 N–H and O–H groups in total. The monoisotopic (exact) mass is 370 g/mol. The largest absolute Gasteiger partial charge is 0.494 e. The highest BCUT2D eigenvalue weighted by Crippen LogP contribution is 2.18. The Hall–Kier alpha value is -2.87. The summed E-state index contributed by atoms with van der Waals surface area (Å²) in [5, 5.41) is 4.07. The third-order valence-corrected chi connectivity index (χ3v) is 4.66. The summed E-state index contributed by atoms with van der Waals surface area (Å²) >= 11 is 0. The highest BCUT2D eigenvalue weighted by molar-refractivity contribution is 5.91. The lowest BCUT2D eigenvalue weighted by atomic mass is 10.1. The smallest absolute Gasteiger partial charge is 0.292 e. The summed E-state index contributed by atoms with van der Waals surface area (Å²) in [5.41, 5.74) is 2.13. The Morgan fingerprint density at radius 1 is 1.11 bits per heavy atom. The second-order valence-corrected chi connectivity index (χ2v) is 6.65. The maximum Gasteiger partial charge on any atom is 0.292 e. The number of hydrogen-bond acceptors (Lipinski definition) is 7. The molecule has 0 spiro atoms. The Bertz CT molecular complexity index is 822. The molecule has 2 aromatic rings. The number of nitrogens with zero attached hydrogens (tertiary/aromatic N) is 4. The van der Waals surface area contributed by atoms with Crippen LogP contribution in [-0.4, -0.2) is 65.2 Å². The predicted molar refractivity (Wildman–Crippen MR) is 96.3 cm³/mol. The van der Waals surface area contributed by atoms with Crippen LogP contribution in [0.5, 0.6) is 0 Å². The number of benzene rings is 1. The normalized spacial score (nSPS) is 17.8. The average Bonchev–Trinajstić information content (AvgIpc) is 3.18. The topological polar surface area (TPSA) is 80.9 Å². The average molecular weight is 370 g/mol. The van der Waals surface area contributed by atoms with Crippen molar-refractivity contribution in [1.29, 1.82) is 0 Å². The Balaban J connectivity index is 1.31. The zero-order valence-corrected chi connectivity index (χ0v) is 15.3. The summed E-state index contributed by atoms with van der Waals surface area (Å²) in [5.74, 6) is 1.35. The SMILES string of the molecule is Cc1ccc(-c2noc(CN3CCN(C(=O)C4=COCCO4)CC3)n2)cc1. The second kappa shape index (κ2) is 7.79. The van der Waals surface area contributed by atoms with E-state index in [1.165, 1.54) is 11.8 Å². The number of carbonyl (C=O) groups is 1. The van der Waals surface area contributed by atoms with Crippen molar-refractivity contribution in [2.24, 2.45) is 0 Å². The first kappa shape index (κ1) is 17.5. The number of aryl methyl sites for hydroxylation is 1. The number of ether oxygens (including phenoxy) is 2. The van der Waals surface area contributed by atoms with E-state index in [1.807, 2.05) is 31.2 Å². The van der Waals surface area contributed by atoms with E-state index in [0.717, 1.165) is 18.7 Å². The molecule has 1 fully saturated rings. The molecular formula is C19H22N4O4. The maximum atomic E-state index is 12.4. The van der Waals surface area contributed by atoms with Crippen molar-refractivity contribution in [3.05, 3.63) is 47.7 Å². The highest BCUT2D eigenvalue weighted by Gasteiger charge is 2.26. The minimum Gasteiger partial charge on any atom is -0.494 e. The minimum absolute atomic E-state index is 0.117. The van der Waals surface area contributed by atoms with Gasteiger partial charge >= 0.3 is 0 Å². The van der Waals surface area contributed by atoms with Gasteiger partial charge < -0.3 is 18.9 Å². The van der Waals surface area contributed by atoms with Crippen molar-refractivity contribution in [2.75, 3.05) is 39.4 Å². The van der Waals surface area contributed by atoms with E-state index in [4.69, 9.17) is 14.0 Å². The lowest BCUT2D eigenvalue weighted by Gasteiger charge is -2.34. The fourth-order valence-electron chi connectivity index (χ4n) is 3.08. The van der Waals surface area contributed by atoms with Gasteiger partial charge in [-0.05, 0) is 6.92 Å². The standard InChI is InChI=1S/C19H22N4O4/c1-14-2-4-15(5-3-14)18-20-17(27-21-18)12-22-6-8-23(9-7-22)19(24)16-13-25-10-11-26-16/h2-5,13H,6-12H2,1H3. The fourth-order valence-corrected chi connectivity index (χ4v) is 3.08. The van der Waals surface area contributed by atoms with Crippen molar-refractivity contribution in [3.63, 3.8) is 0 Å². The Kier molecular flexibility index (Phi) is 5.06. The summed E-state index contributed by atoms with van der Waals surface area (Å²) in [6.45, 7) is 6.24. The molecule has 0 saturated carbocycles. The van der Waals surface area contributed by atoms with Gasteiger partial charge in [0.15, 0.2) is 0 Å². The zero-order chi connectivity index (χ0) is 18.6. The molecule has 0 aliphatic carbocycles. The lowest BCUT2D eigenvalue weighted by molar-refractivity contribution is -0.134. The molecule has 1 aromatic carbocycles. The molecule has 4 rings (SSSR count). The van der Waals surface area contributed by atoms with Crippen molar-refractivity contribution >= 4 is 5.91 Å². The second-order valence-electron chi connectivity index (χ2n) is 6.65. The molecule has 8 nitrogen and oxygen atoms in total. The van der Waals surface area contributed by atoms with Gasteiger partial charge in [0.1, 0.15) is 19.5 Å². The van der Waals surface area contributed by atoms with E-state index in [1.54, 1.807) is 4.90 Å². The molecule has 0 atom stereocenters. The molecule has 3 heterocycles. The number of carbonyl (C=O) groups excluding carboxylic acids is 1. The van der Waals surface area contributed by atoms with Crippen LogP contribution in [0.25, 0.3) is 11.4 Å². The Morgan fingerprint density at radius 2 is 1.89 bits per heavy atom. The van der Waals surface area contributed by atoms with Gasteiger partial charge in [0.2, 0.25) is 17.5 Å². The first-order valence-electron chi connectivity index (χ1n) is 9.05. The summed E-state index contributed by atoms with van der Waals surface area (Å²) in [4.78, 5) is 20.9. The van der Waals surface area contributed by atoms with Gasteiger partial charge in [0.25, 0.3) is 5.91 Å². The molecule has 1 saturated heterocycles. The molecule has 27 heavy (non-hydrogen) atoms. The Morgan fingerprint density at radius 3 is 2.59 bits per heavy atom. The third kappa shape index (κ3) is 4.11. The minimum atomic E-state index is -0.117. The van der Waals surface area contributed by atoms with Crippen LogP contribution in [0, 0.1) is 6.92 Å². The van der Waals surface area contributed by atoms with Crippen molar-refractivity contribution < 1.29 is 18.8 Å². The van der Waals surface area contributed by atoms with Gasteiger partial charge in [-0.3, -0.25) is 9.69 Å².